The number of nitrogens with zero attached hydrogens (tertiary/aromatic N) is 1. The monoisotopic (exact) mass is 62.0 g/mol. The molecule has 0 rings (SSSR count). The highest BCUT2D eigenvalue weighted by Crippen LogP contribution is 1.31. The van der Waals surface area contributed by atoms with Crippen LogP contribution in [-0.4, -0.2) is 7.05 Å². The fraction of sp³-hybridized carbons (Fsp3) is 1.00. The van der Waals surface area contributed by atoms with E-state index in [1.54, 1.807) is 0 Å². The average molecular weight is 62.0 g/mol. The molecule has 0 fully saturated rings. The van der Waals surface area contributed by atoms with E-state index in [-0.39, 0.29) is 0 Å². The number of nitrogens with one attached hydrogen (secondary N) is 1. The van der Waals surface area contributed by atoms with Crippen molar-refractivity contribution < 1.29 is 0 Å². The van der Waals surface area contributed by atoms with E-state index in [2.05, 4.69) is 5.29 Å². The summed E-state index contributed by atoms with van der Waals surface area (Å²) in [6.07, 6.45) is 0. The van der Waals surface area contributed by atoms with Crippen molar-refractivity contribution in [3.63, 3.8) is 0 Å². The molecule has 0 aliphatic rings. The van der Waals surface area contributed by atoms with Crippen LogP contribution < -0.4 is 5.43 Å². The fourth-order valence-electron chi connectivity index (χ4n) is 0. The van der Waals surface area contributed by atoms with Crippen LogP contribution in [0, 0.1) is 4.91 Å². The van der Waals surface area contributed by atoms with Gasteiger partial charge >= 0.3 is 0 Å². The summed E-state index contributed by atoms with van der Waals surface area (Å²) in [5.41, 5.74) is 2.00. The third-order valence-electron chi connectivity index (χ3n) is 0.0913. The third kappa shape index (κ3) is 1.40. The summed E-state index contributed by atoms with van der Waals surface area (Å²) in [6, 6.07) is 0. The first-order valence-corrected chi connectivity index (χ1v) is 0.906. The van der Waals surface area contributed by atoms with Gasteiger partial charge in [-0.3, -0.25) is 5.43 Å². The van der Waals surface area contributed by atoms with Crippen molar-refractivity contribution in [1.29, 1.82) is 0 Å². The number of nitroso groups, excluding NO2 is 1. The highest BCUT2D eigenvalue weighted by atomic mass is 16.6. The van der Waals surface area contributed by atoms with Gasteiger partial charge in [-0.2, -0.15) is 0 Å². The molecule has 0 saturated heterocycles. The molecule has 0 saturated carbocycles. The zero-order chi connectivity index (χ0) is 3.41. The summed E-state index contributed by atoms with van der Waals surface area (Å²) in [5.74, 6) is 0. The molecule has 0 unspecified atom stereocenters. The van der Waals surface area contributed by atoms with E-state index in [9.17, 15) is 0 Å². The maximum Gasteiger partial charge on any atom is 0.0493 e. The molecule has 0 aliphatic carbocycles. The predicted octanol–water partition coefficient (Wildman–Crippen LogP) is -0.113. The number of hydrogen-bond acceptors (Lipinski definition) is 2. The zero-order valence-corrected chi connectivity index (χ0v) is 2.36. The second-order valence-electron chi connectivity index (χ2n) is 0.315. The van der Waals surface area contributed by atoms with Crippen molar-refractivity contribution in [2.75, 3.05) is 7.05 Å². The Morgan fingerprint density at radius 1 is 2.00 bits per heavy atom. The van der Waals surface area contributed by atoms with Crippen molar-refractivity contribution in [3.8, 4) is 0 Å². The van der Waals surface area contributed by atoms with Crippen molar-refractivity contribution in [1.82, 2.24) is 5.43 Å². The van der Waals surface area contributed by atoms with Crippen molar-refractivity contribution in [2.45, 2.75) is 0 Å². The smallest absolute Gasteiger partial charge is 0.0493 e. The van der Waals surface area contributed by atoms with Crippen LogP contribution in [0.25, 0.3) is 0 Å². The molecular weight excluding hydrogens is 58.0 g/mol. The lowest BCUT2D eigenvalue weighted by atomic mass is 11.7. The average Bonchev–Trinajstić information content (AvgIpc) is 1.37. The lowest BCUT2D eigenvalue weighted by molar-refractivity contribution is 0.889. The van der Waals surface area contributed by atoms with Gasteiger partial charge < -0.3 is 0 Å². The summed E-state index contributed by atoms with van der Waals surface area (Å²) >= 11 is 0. The van der Waals surface area contributed by atoms with Gasteiger partial charge in [0.2, 0.25) is 0 Å². The van der Waals surface area contributed by atoms with Crippen LogP contribution in [0.4, 0.5) is 0 Å². The molecular formula is CH4N2O. The van der Waals surface area contributed by atoms with Gasteiger partial charge in [0.05, 0.1) is 0 Å². The molecule has 4 heavy (non-hydrogen) atoms. The standard InChI is InChI=1S/CH4N2O/c1-2-3-4/h1H3,(H,2,4)/i2+1,3+1. The maximum absolute atomic E-state index is 8.81. The maximum atomic E-state index is 8.81. The second-order valence-corrected chi connectivity index (χ2v) is 0.315. The summed E-state index contributed by atoms with van der Waals surface area (Å²) in [5, 5.41) is 2.24. The van der Waals surface area contributed by atoms with Gasteiger partial charge in [-0.25, -0.2) is 0 Å². The number of hydrogen-bond donors (Lipinski definition) is 1. The Kier molecular flexibility index (Phi) is 2.04. The second kappa shape index (κ2) is 2.40. The lowest BCUT2D eigenvalue weighted by Gasteiger charge is -1.63. The molecule has 0 aliphatic heterocycles. The molecule has 1 N–H and O–H groups in total. The molecule has 0 aromatic rings. The van der Waals surface area contributed by atoms with E-state index < -0.39 is 0 Å². The van der Waals surface area contributed by atoms with E-state index in [1.807, 2.05) is 5.43 Å². The van der Waals surface area contributed by atoms with Crippen LogP contribution >= 0.6 is 0 Å². The van der Waals surface area contributed by atoms with Gasteiger partial charge in [0.15, 0.2) is 0 Å². The minimum Gasteiger partial charge on any atom is -0.277 e. The largest absolute Gasteiger partial charge is 0.277 e. The van der Waals surface area contributed by atoms with E-state index in [4.69, 9.17) is 4.91 Å². The molecule has 0 aromatic heterocycles. The Morgan fingerprint density at radius 3 is 2.25 bits per heavy atom. The lowest BCUT2D eigenvalue weighted by Crippen LogP contribution is -1.87. The zero-order valence-electron chi connectivity index (χ0n) is 2.36. The van der Waals surface area contributed by atoms with Crippen LogP contribution in [0.2, 0.25) is 0 Å². The molecule has 0 spiro atoms. The van der Waals surface area contributed by atoms with Crippen LogP contribution in [0.3, 0.4) is 0 Å². The van der Waals surface area contributed by atoms with Gasteiger partial charge in [-0.1, -0.05) is 0 Å². The van der Waals surface area contributed by atoms with E-state index >= 15 is 0 Å². The summed E-state index contributed by atoms with van der Waals surface area (Å²) in [4.78, 5) is 8.81. The Morgan fingerprint density at radius 2 is 2.25 bits per heavy atom. The van der Waals surface area contributed by atoms with Gasteiger partial charge in [-0.05, 0) is 0 Å². The highest BCUT2D eigenvalue weighted by molar-refractivity contribution is 4.06. The van der Waals surface area contributed by atoms with Crippen molar-refractivity contribution in [3.05, 3.63) is 4.91 Å². The molecule has 0 heterocycles. The number of rotatable bonds is 1. The summed E-state index contributed by atoms with van der Waals surface area (Å²) in [7, 11) is 1.45. The Balaban J connectivity index is 2.30. The van der Waals surface area contributed by atoms with Crippen LogP contribution in [0.15, 0.2) is 5.29 Å². The molecule has 0 amide bonds. The molecule has 3 heteroatoms. The molecule has 0 aromatic carbocycles. The SMILES string of the molecule is C[15NH][15N]=O. The van der Waals surface area contributed by atoms with Gasteiger partial charge in [0, 0.05) is 12.3 Å². The Labute approximate surface area is 24.0 Å². The first-order chi connectivity index (χ1) is 1.91. The topological polar surface area (TPSA) is 41.5 Å². The van der Waals surface area contributed by atoms with Crippen molar-refractivity contribution >= 4 is 0 Å². The minimum absolute atomic E-state index is 1.45. The first kappa shape index (κ1) is 3.40. The van der Waals surface area contributed by atoms with E-state index in [0.29, 0.717) is 0 Å². The fourth-order valence-corrected chi connectivity index (χ4v) is 0. The van der Waals surface area contributed by atoms with Gasteiger partial charge in [0.25, 0.3) is 0 Å². The van der Waals surface area contributed by atoms with Crippen LogP contribution in [-0.2, 0) is 0 Å². The summed E-state index contributed by atoms with van der Waals surface area (Å²) < 4.78 is 0. The molecule has 24 valence electrons. The van der Waals surface area contributed by atoms with Crippen LogP contribution in [0.1, 0.15) is 0 Å². The van der Waals surface area contributed by atoms with Gasteiger partial charge in [-0.15, -0.1) is 4.91 Å². The Bertz CT molecular complexity index is 20.0. The van der Waals surface area contributed by atoms with E-state index in [0.717, 1.165) is 0 Å². The molecule has 0 radical (unpaired) electrons. The normalized spacial score (nSPS) is 5.25. The molecule has 3 nitrogen and oxygen atoms in total. The Hall–Kier alpha value is -0.600. The van der Waals surface area contributed by atoms with Crippen LogP contribution in [0.5, 0.6) is 0 Å². The van der Waals surface area contributed by atoms with Crippen molar-refractivity contribution in [2.24, 2.45) is 5.29 Å². The van der Waals surface area contributed by atoms with E-state index in [1.165, 1.54) is 7.05 Å². The third-order valence-corrected chi connectivity index (χ3v) is 0.0913. The summed E-state index contributed by atoms with van der Waals surface area (Å²) in [6.45, 7) is 0. The first-order valence-electron chi connectivity index (χ1n) is 0.906. The molecule has 0 atom stereocenters. The molecule has 0 bridgehead atoms. The quantitative estimate of drug-likeness (QED) is 0.261. The highest BCUT2D eigenvalue weighted by Gasteiger charge is 1.41. The predicted molar refractivity (Wildman–Crippen MR) is 14.9 cm³/mol. The minimum atomic E-state index is 1.45. The van der Waals surface area contributed by atoms with Gasteiger partial charge in [0.1, 0.15) is 0 Å².